The molecule has 0 aliphatic heterocycles. The Morgan fingerprint density at radius 3 is 2.82 bits per heavy atom. The average molecular weight is 219 g/mol. The summed E-state index contributed by atoms with van der Waals surface area (Å²) in [5.41, 5.74) is -0.245. The van der Waals surface area contributed by atoms with Crippen LogP contribution in [0.1, 0.15) is 0 Å². The third-order valence-electron chi connectivity index (χ3n) is 1.00. The molecule has 0 amide bonds. The Bertz CT molecular complexity index is 302. The van der Waals surface area contributed by atoms with E-state index in [-0.39, 0.29) is 16.0 Å². The van der Waals surface area contributed by atoms with Gasteiger partial charge in [-0.05, 0) is 15.9 Å². The molecular formula is C5H3BrN2O3. The molecular weight excluding hydrogens is 216 g/mol. The first kappa shape index (κ1) is 7.93. The predicted molar refractivity (Wildman–Crippen MR) is 40.3 cm³/mol. The number of halogens is 1. The van der Waals surface area contributed by atoms with Gasteiger partial charge in [0.1, 0.15) is 5.75 Å². The summed E-state index contributed by atoms with van der Waals surface area (Å²) in [5.74, 6) is -0.222. The van der Waals surface area contributed by atoms with Gasteiger partial charge in [0, 0.05) is 0 Å². The highest BCUT2D eigenvalue weighted by atomic mass is 79.9. The number of pyridine rings is 1. The van der Waals surface area contributed by atoms with Crippen LogP contribution in [-0.4, -0.2) is 15.0 Å². The summed E-state index contributed by atoms with van der Waals surface area (Å²) in [6.45, 7) is 0. The molecule has 11 heavy (non-hydrogen) atoms. The van der Waals surface area contributed by atoms with Crippen LogP contribution in [-0.2, 0) is 0 Å². The van der Waals surface area contributed by atoms with E-state index in [1.807, 2.05) is 0 Å². The van der Waals surface area contributed by atoms with Crippen LogP contribution in [0.3, 0.4) is 0 Å². The molecule has 58 valence electrons. The number of rotatable bonds is 1. The molecule has 1 N–H and O–H groups in total. The second kappa shape index (κ2) is 2.83. The van der Waals surface area contributed by atoms with E-state index in [1.54, 1.807) is 0 Å². The Labute approximate surface area is 70.0 Å². The molecule has 0 fully saturated rings. The molecule has 1 aromatic heterocycles. The van der Waals surface area contributed by atoms with Crippen molar-refractivity contribution in [3.8, 4) is 5.75 Å². The molecule has 1 aromatic rings. The number of nitro groups is 1. The van der Waals surface area contributed by atoms with Gasteiger partial charge < -0.3 is 5.11 Å². The van der Waals surface area contributed by atoms with Crippen LogP contribution >= 0.6 is 15.9 Å². The van der Waals surface area contributed by atoms with E-state index in [9.17, 15) is 10.1 Å². The van der Waals surface area contributed by atoms with Gasteiger partial charge in [0.25, 0.3) is 0 Å². The van der Waals surface area contributed by atoms with Crippen LogP contribution < -0.4 is 0 Å². The van der Waals surface area contributed by atoms with E-state index in [4.69, 9.17) is 5.11 Å². The third kappa shape index (κ3) is 1.64. The Morgan fingerprint density at radius 2 is 2.36 bits per heavy atom. The van der Waals surface area contributed by atoms with Crippen LogP contribution in [0.2, 0.25) is 0 Å². The molecule has 0 atom stereocenters. The predicted octanol–water partition coefficient (Wildman–Crippen LogP) is 1.46. The van der Waals surface area contributed by atoms with Gasteiger partial charge in [-0.2, -0.15) is 0 Å². The maximum atomic E-state index is 10.2. The Hall–Kier alpha value is -1.17. The Morgan fingerprint density at radius 1 is 1.73 bits per heavy atom. The standard InChI is InChI=1S/C5H3BrN2O3/c6-5-4(8(10)11)1-3(9)2-7-5/h1-2,9H. The molecule has 0 spiro atoms. The van der Waals surface area contributed by atoms with Gasteiger partial charge in [-0.15, -0.1) is 0 Å². The molecule has 0 bridgehead atoms. The zero-order valence-electron chi connectivity index (χ0n) is 5.19. The monoisotopic (exact) mass is 218 g/mol. The van der Waals surface area contributed by atoms with Crippen LogP contribution in [0.25, 0.3) is 0 Å². The maximum Gasteiger partial charge on any atom is 0.305 e. The molecule has 5 nitrogen and oxygen atoms in total. The fraction of sp³-hybridized carbons (Fsp3) is 0. The lowest BCUT2D eigenvalue weighted by molar-refractivity contribution is -0.386. The third-order valence-corrected chi connectivity index (χ3v) is 1.61. The molecule has 6 heteroatoms. The van der Waals surface area contributed by atoms with E-state index < -0.39 is 4.92 Å². The van der Waals surface area contributed by atoms with Gasteiger partial charge in [-0.1, -0.05) is 0 Å². The van der Waals surface area contributed by atoms with Crippen LogP contribution in [0, 0.1) is 10.1 Å². The van der Waals surface area contributed by atoms with Crippen LogP contribution in [0.15, 0.2) is 16.9 Å². The summed E-state index contributed by atoms with van der Waals surface area (Å²) in [6, 6.07) is 1.02. The van der Waals surface area contributed by atoms with Gasteiger partial charge in [-0.3, -0.25) is 10.1 Å². The Kier molecular flexibility index (Phi) is 2.04. The number of hydrogen-bond acceptors (Lipinski definition) is 4. The van der Waals surface area contributed by atoms with Crippen molar-refractivity contribution >= 4 is 21.6 Å². The lowest BCUT2D eigenvalue weighted by Gasteiger charge is -1.93. The van der Waals surface area contributed by atoms with E-state index in [0.29, 0.717) is 0 Å². The summed E-state index contributed by atoms with van der Waals surface area (Å²) in [5, 5.41) is 19.0. The van der Waals surface area contributed by atoms with Gasteiger partial charge in [0.05, 0.1) is 17.2 Å². The largest absolute Gasteiger partial charge is 0.506 e. The summed E-state index contributed by atoms with van der Waals surface area (Å²) in [6.07, 6.45) is 1.12. The molecule has 0 aromatic carbocycles. The van der Waals surface area contributed by atoms with Crippen LogP contribution in [0.5, 0.6) is 5.75 Å². The lowest BCUT2D eigenvalue weighted by Crippen LogP contribution is -1.90. The van der Waals surface area contributed by atoms with E-state index in [1.165, 1.54) is 0 Å². The van der Waals surface area contributed by atoms with Crippen molar-refractivity contribution in [1.29, 1.82) is 0 Å². The molecule has 0 radical (unpaired) electrons. The van der Waals surface area contributed by atoms with Gasteiger partial charge in [-0.25, -0.2) is 4.98 Å². The zero-order chi connectivity index (χ0) is 8.43. The lowest BCUT2D eigenvalue weighted by atomic mass is 10.4. The average Bonchev–Trinajstić information content (AvgIpc) is 1.94. The number of hydrogen-bond donors (Lipinski definition) is 1. The maximum absolute atomic E-state index is 10.2. The van der Waals surface area contributed by atoms with Crippen molar-refractivity contribution in [3.63, 3.8) is 0 Å². The summed E-state index contributed by atoms with van der Waals surface area (Å²) in [4.78, 5) is 13.1. The van der Waals surface area contributed by atoms with E-state index in [0.717, 1.165) is 12.3 Å². The van der Waals surface area contributed by atoms with Crippen molar-refractivity contribution in [2.75, 3.05) is 0 Å². The first-order valence-electron chi connectivity index (χ1n) is 2.60. The fourth-order valence-electron chi connectivity index (χ4n) is 0.554. The Balaban J connectivity index is 3.23. The first-order chi connectivity index (χ1) is 5.11. The SMILES string of the molecule is O=[N+]([O-])c1cc(O)cnc1Br. The highest BCUT2D eigenvalue weighted by Gasteiger charge is 2.12. The van der Waals surface area contributed by atoms with Crippen molar-refractivity contribution < 1.29 is 10.0 Å². The quantitative estimate of drug-likeness (QED) is 0.440. The normalized spacial score (nSPS) is 9.55. The van der Waals surface area contributed by atoms with E-state index >= 15 is 0 Å². The molecule has 0 aliphatic carbocycles. The van der Waals surface area contributed by atoms with E-state index in [2.05, 4.69) is 20.9 Å². The second-order valence-electron chi connectivity index (χ2n) is 1.76. The molecule has 0 saturated carbocycles. The summed E-state index contributed by atoms with van der Waals surface area (Å²) >= 11 is 2.87. The van der Waals surface area contributed by atoms with Crippen molar-refractivity contribution in [1.82, 2.24) is 4.98 Å². The van der Waals surface area contributed by atoms with Crippen molar-refractivity contribution in [3.05, 3.63) is 27.0 Å². The van der Waals surface area contributed by atoms with Crippen LogP contribution in [0.4, 0.5) is 5.69 Å². The van der Waals surface area contributed by atoms with Crippen molar-refractivity contribution in [2.45, 2.75) is 0 Å². The molecule has 0 unspecified atom stereocenters. The number of aromatic nitrogens is 1. The highest BCUT2D eigenvalue weighted by molar-refractivity contribution is 9.10. The number of aromatic hydroxyl groups is 1. The molecule has 1 rings (SSSR count). The minimum absolute atomic E-state index is 0.111. The second-order valence-corrected chi connectivity index (χ2v) is 2.51. The molecule has 0 aliphatic rings. The van der Waals surface area contributed by atoms with Gasteiger partial charge >= 0.3 is 5.69 Å². The highest BCUT2D eigenvalue weighted by Crippen LogP contribution is 2.25. The summed E-state index contributed by atoms with van der Waals surface area (Å²) < 4.78 is 0.111. The minimum Gasteiger partial charge on any atom is -0.506 e. The smallest absolute Gasteiger partial charge is 0.305 e. The number of nitrogens with zero attached hydrogens (tertiary/aromatic N) is 2. The summed E-state index contributed by atoms with van der Waals surface area (Å²) in [7, 11) is 0. The minimum atomic E-state index is -0.628. The molecule has 1 heterocycles. The first-order valence-corrected chi connectivity index (χ1v) is 3.39. The molecule has 0 saturated heterocycles. The van der Waals surface area contributed by atoms with Gasteiger partial charge in [0.15, 0.2) is 4.60 Å². The topological polar surface area (TPSA) is 76.3 Å². The zero-order valence-corrected chi connectivity index (χ0v) is 6.78. The van der Waals surface area contributed by atoms with Crippen molar-refractivity contribution in [2.24, 2.45) is 0 Å². The fourth-order valence-corrected chi connectivity index (χ4v) is 0.915. The van der Waals surface area contributed by atoms with Gasteiger partial charge in [0.2, 0.25) is 0 Å².